The number of nitriles is 1. The van der Waals surface area contributed by atoms with Crippen LogP contribution < -0.4 is 14.8 Å². The molecule has 0 bridgehead atoms. The van der Waals surface area contributed by atoms with E-state index in [2.05, 4.69) is 37.2 Å². The minimum atomic E-state index is -0.535. The van der Waals surface area contributed by atoms with Gasteiger partial charge >= 0.3 is 0 Å². The van der Waals surface area contributed by atoms with E-state index in [9.17, 15) is 14.4 Å². The van der Waals surface area contributed by atoms with Gasteiger partial charge in [-0.05, 0) is 65.7 Å². The number of nitrogens with one attached hydrogen (secondary N) is 1. The summed E-state index contributed by atoms with van der Waals surface area (Å²) in [5, 5.41) is 12.2. The Morgan fingerprint density at radius 3 is 2.53 bits per heavy atom. The summed E-state index contributed by atoms with van der Waals surface area (Å²) < 4.78 is 26.0. The highest BCUT2D eigenvalue weighted by molar-refractivity contribution is 9.10. The summed E-state index contributed by atoms with van der Waals surface area (Å²) in [7, 11) is 1.48. The minimum Gasteiger partial charge on any atom is -0.493 e. The van der Waals surface area contributed by atoms with Gasteiger partial charge in [0, 0.05) is 14.6 Å². The number of hydrogen-bond acceptors (Lipinski definition) is 4. The fourth-order valence-electron chi connectivity index (χ4n) is 2.76. The molecule has 8 heteroatoms. The molecule has 0 aliphatic rings. The Balaban J connectivity index is 1.81. The standard InChI is InChI=1S/C24H17Br2FN2O3/c1-31-22-11-16(10-17(13-28)24(30)29-20-7-5-18(25)6-8-20)21(26)12-23(22)32-14-15-3-2-4-19(27)9-15/h2-12H,14H2,1H3,(H,29,30)/b17-10-. The number of benzene rings is 3. The van der Waals surface area contributed by atoms with Crippen molar-refractivity contribution in [2.45, 2.75) is 6.61 Å². The second-order valence-corrected chi connectivity index (χ2v) is 8.34. The van der Waals surface area contributed by atoms with Crippen molar-refractivity contribution in [2.75, 3.05) is 12.4 Å². The Bertz CT molecular complexity index is 1200. The number of anilines is 1. The molecule has 0 aliphatic heterocycles. The van der Waals surface area contributed by atoms with Crippen LogP contribution in [0.3, 0.4) is 0 Å². The van der Waals surface area contributed by atoms with Crippen molar-refractivity contribution in [3.8, 4) is 17.6 Å². The van der Waals surface area contributed by atoms with Gasteiger partial charge in [0.25, 0.3) is 5.91 Å². The van der Waals surface area contributed by atoms with Gasteiger partial charge in [-0.15, -0.1) is 0 Å². The summed E-state index contributed by atoms with van der Waals surface area (Å²) in [5.74, 6) is -0.0441. The van der Waals surface area contributed by atoms with Crippen molar-refractivity contribution in [2.24, 2.45) is 0 Å². The van der Waals surface area contributed by atoms with Crippen LogP contribution in [0.4, 0.5) is 10.1 Å². The fraction of sp³-hybridized carbons (Fsp3) is 0.0833. The molecule has 0 fully saturated rings. The molecule has 1 N–H and O–H groups in total. The monoisotopic (exact) mass is 558 g/mol. The maximum absolute atomic E-state index is 13.4. The van der Waals surface area contributed by atoms with E-state index in [4.69, 9.17) is 9.47 Å². The highest BCUT2D eigenvalue weighted by Gasteiger charge is 2.14. The molecule has 0 aliphatic carbocycles. The Labute approximate surface area is 201 Å². The number of carbonyl (C=O) groups excluding carboxylic acids is 1. The molecule has 1 amide bonds. The second-order valence-electron chi connectivity index (χ2n) is 6.57. The molecule has 0 saturated carbocycles. The van der Waals surface area contributed by atoms with Crippen LogP contribution in [0.25, 0.3) is 6.08 Å². The fourth-order valence-corrected chi connectivity index (χ4v) is 3.46. The van der Waals surface area contributed by atoms with E-state index in [1.807, 2.05) is 6.07 Å². The van der Waals surface area contributed by atoms with E-state index < -0.39 is 5.91 Å². The zero-order valence-electron chi connectivity index (χ0n) is 16.9. The molecule has 0 spiro atoms. The van der Waals surface area contributed by atoms with Crippen LogP contribution in [0, 0.1) is 17.1 Å². The number of amides is 1. The quantitative estimate of drug-likeness (QED) is 0.265. The summed E-state index contributed by atoms with van der Waals surface area (Å²) in [6, 6.07) is 18.4. The van der Waals surface area contributed by atoms with Gasteiger partial charge in [0.2, 0.25) is 0 Å². The Morgan fingerprint density at radius 2 is 1.88 bits per heavy atom. The molecule has 5 nitrogen and oxygen atoms in total. The van der Waals surface area contributed by atoms with Gasteiger partial charge in [-0.3, -0.25) is 4.79 Å². The lowest BCUT2D eigenvalue weighted by Crippen LogP contribution is -2.13. The van der Waals surface area contributed by atoms with E-state index in [1.54, 1.807) is 48.5 Å². The maximum Gasteiger partial charge on any atom is 0.266 e. The lowest BCUT2D eigenvalue weighted by molar-refractivity contribution is -0.112. The molecule has 0 unspecified atom stereocenters. The third-order valence-electron chi connectivity index (χ3n) is 4.33. The van der Waals surface area contributed by atoms with E-state index in [0.717, 1.165) is 4.47 Å². The van der Waals surface area contributed by atoms with Crippen LogP contribution >= 0.6 is 31.9 Å². The second kappa shape index (κ2) is 10.9. The molecular weight excluding hydrogens is 543 g/mol. The number of rotatable bonds is 7. The van der Waals surface area contributed by atoms with E-state index >= 15 is 0 Å². The molecule has 3 rings (SSSR count). The maximum atomic E-state index is 13.4. The zero-order chi connectivity index (χ0) is 23.1. The van der Waals surface area contributed by atoms with Gasteiger partial charge in [-0.2, -0.15) is 5.26 Å². The van der Waals surface area contributed by atoms with E-state index in [-0.39, 0.29) is 18.0 Å². The molecule has 0 heterocycles. The molecule has 0 saturated heterocycles. The largest absolute Gasteiger partial charge is 0.493 e. The summed E-state index contributed by atoms with van der Waals surface area (Å²) in [4.78, 5) is 12.5. The van der Waals surface area contributed by atoms with Gasteiger partial charge in [-0.25, -0.2) is 4.39 Å². The van der Waals surface area contributed by atoms with Crippen molar-refractivity contribution in [1.29, 1.82) is 5.26 Å². The first kappa shape index (κ1) is 23.5. The Hall–Kier alpha value is -3.15. The summed E-state index contributed by atoms with van der Waals surface area (Å²) in [5.41, 5.74) is 1.71. The molecule has 0 aromatic heterocycles. The number of halogens is 3. The number of hydrogen-bond donors (Lipinski definition) is 1. The Morgan fingerprint density at radius 1 is 1.12 bits per heavy atom. The van der Waals surface area contributed by atoms with E-state index in [1.165, 1.54) is 25.3 Å². The average Bonchev–Trinajstić information content (AvgIpc) is 2.78. The van der Waals surface area contributed by atoms with Crippen molar-refractivity contribution < 1.29 is 18.7 Å². The summed E-state index contributed by atoms with van der Waals surface area (Å²) in [6.45, 7) is 0.148. The van der Waals surface area contributed by atoms with Crippen LogP contribution in [-0.2, 0) is 11.4 Å². The minimum absolute atomic E-state index is 0.0795. The van der Waals surface area contributed by atoms with Gasteiger partial charge < -0.3 is 14.8 Å². The predicted molar refractivity (Wildman–Crippen MR) is 128 cm³/mol. The third kappa shape index (κ3) is 6.19. The van der Waals surface area contributed by atoms with Gasteiger partial charge in [0.1, 0.15) is 24.1 Å². The normalized spacial score (nSPS) is 10.9. The lowest BCUT2D eigenvalue weighted by atomic mass is 10.1. The molecular formula is C24H17Br2FN2O3. The third-order valence-corrected chi connectivity index (χ3v) is 5.55. The van der Waals surface area contributed by atoms with Gasteiger partial charge in [-0.1, -0.05) is 44.0 Å². The van der Waals surface area contributed by atoms with Crippen LogP contribution in [-0.4, -0.2) is 13.0 Å². The lowest BCUT2D eigenvalue weighted by Gasteiger charge is -2.13. The molecule has 0 radical (unpaired) electrons. The van der Waals surface area contributed by atoms with Crippen LogP contribution in [0.5, 0.6) is 11.5 Å². The van der Waals surface area contributed by atoms with Crippen molar-refractivity contribution in [3.63, 3.8) is 0 Å². The average molecular weight is 560 g/mol. The molecule has 32 heavy (non-hydrogen) atoms. The van der Waals surface area contributed by atoms with Crippen molar-refractivity contribution in [1.82, 2.24) is 0 Å². The molecule has 0 atom stereocenters. The molecule has 3 aromatic rings. The number of nitrogens with zero attached hydrogens (tertiary/aromatic N) is 1. The Kier molecular flexibility index (Phi) is 8.03. The first-order chi connectivity index (χ1) is 15.4. The van der Waals surface area contributed by atoms with Crippen LogP contribution in [0.15, 0.2) is 75.2 Å². The number of ether oxygens (including phenoxy) is 2. The van der Waals surface area contributed by atoms with Gasteiger partial charge in [0.05, 0.1) is 7.11 Å². The highest BCUT2D eigenvalue weighted by Crippen LogP contribution is 2.35. The van der Waals surface area contributed by atoms with Gasteiger partial charge in [0.15, 0.2) is 11.5 Å². The first-order valence-electron chi connectivity index (χ1n) is 9.33. The highest BCUT2D eigenvalue weighted by atomic mass is 79.9. The number of carbonyl (C=O) groups is 1. The summed E-state index contributed by atoms with van der Waals surface area (Å²) in [6.07, 6.45) is 1.46. The van der Waals surface area contributed by atoms with Crippen molar-refractivity contribution in [3.05, 3.63) is 92.1 Å². The zero-order valence-corrected chi connectivity index (χ0v) is 20.0. The van der Waals surface area contributed by atoms with Crippen LogP contribution in [0.2, 0.25) is 0 Å². The molecule has 162 valence electrons. The SMILES string of the molecule is COc1cc(/C=C(/C#N)C(=O)Nc2ccc(Br)cc2)c(Br)cc1OCc1cccc(F)c1. The predicted octanol–water partition coefficient (Wildman–Crippen LogP) is 6.48. The summed E-state index contributed by atoms with van der Waals surface area (Å²) >= 11 is 6.78. The molecule has 3 aromatic carbocycles. The number of methoxy groups -OCH3 is 1. The smallest absolute Gasteiger partial charge is 0.266 e. The van der Waals surface area contributed by atoms with Crippen molar-refractivity contribution >= 4 is 49.5 Å². The van der Waals surface area contributed by atoms with E-state index in [0.29, 0.717) is 32.8 Å². The topological polar surface area (TPSA) is 71.3 Å². The first-order valence-corrected chi connectivity index (χ1v) is 10.9. The van der Waals surface area contributed by atoms with Crippen LogP contribution in [0.1, 0.15) is 11.1 Å².